The summed E-state index contributed by atoms with van der Waals surface area (Å²) in [4.78, 5) is 12.1. The first kappa shape index (κ1) is 15.0. The van der Waals surface area contributed by atoms with Crippen LogP contribution >= 0.6 is 0 Å². The highest BCUT2D eigenvalue weighted by molar-refractivity contribution is 7.90. The lowest BCUT2D eigenvalue weighted by Gasteiger charge is -2.08. The fourth-order valence-electron chi connectivity index (χ4n) is 1.70. The van der Waals surface area contributed by atoms with Crippen molar-refractivity contribution in [2.45, 2.75) is 4.90 Å². The Balaban J connectivity index is 2.21. The normalized spacial score (nSPS) is 11.1. The van der Waals surface area contributed by atoms with E-state index in [2.05, 4.69) is 5.32 Å². The number of halogens is 1. The van der Waals surface area contributed by atoms with Crippen LogP contribution in [0.25, 0.3) is 0 Å². The summed E-state index contributed by atoms with van der Waals surface area (Å²) in [5, 5.41) is 2.53. The van der Waals surface area contributed by atoms with Gasteiger partial charge in [0.25, 0.3) is 5.91 Å². The van der Waals surface area contributed by atoms with Crippen molar-refractivity contribution in [2.75, 3.05) is 17.3 Å². The van der Waals surface area contributed by atoms with Gasteiger partial charge < -0.3 is 11.1 Å². The number of rotatable bonds is 3. The Labute approximate surface area is 121 Å². The average molecular weight is 308 g/mol. The van der Waals surface area contributed by atoms with Crippen LogP contribution in [-0.2, 0) is 9.84 Å². The molecule has 0 saturated carbocycles. The minimum Gasteiger partial charge on any atom is -0.397 e. The number of sulfone groups is 1. The van der Waals surface area contributed by atoms with Crippen molar-refractivity contribution >= 4 is 27.1 Å². The SMILES string of the molecule is CS(=O)(=O)c1ccc(C(=O)Nc2ccc(F)cc2N)cc1. The van der Waals surface area contributed by atoms with E-state index < -0.39 is 21.6 Å². The van der Waals surface area contributed by atoms with E-state index in [1.54, 1.807) is 0 Å². The Morgan fingerprint density at radius 2 is 1.76 bits per heavy atom. The van der Waals surface area contributed by atoms with Crippen LogP contribution < -0.4 is 11.1 Å². The number of benzene rings is 2. The Kier molecular flexibility index (Phi) is 3.95. The summed E-state index contributed by atoms with van der Waals surface area (Å²) in [6, 6.07) is 9.11. The fourth-order valence-corrected chi connectivity index (χ4v) is 2.33. The van der Waals surface area contributed by atoms with Gasteiger partial charge in [-0.25, -0.2) is 12.8 Å². The van der Waals surface area contributed by atoms with Crippen molar-refractivity contribution in [3.05, 3.63) is 53.8 Å². The van der Waals surface area contributed by atoms with Crippen LogP contribution in [0, 0.1) is 5.82 Å². The van der Waals surface area contributed by atoms with Crippen molar-refractivity contribution in [1.82, 2.24) is 0 Å². The molecule has 0 spiro atoms. The van der Waals surface area contributed by atoms with Gasteiger partial charge in [0.15, 0.2) is 9.84 Å². The Bertz CT molecular complexity index is 786. The van der Waals surface area contributed by atoms with E-state index >= 15 is 0 Å². The summed E-state index contributed by atoms with van der Waals surface area (Å²) in [7, 11) is -3.31. The van der Waals surface area contributed by atoms with Crippen LogP contribution in [0.15, 0.2) is 47.4 Å². The van der Waals surface area contributed by atoms with Gasteiger partial charge in [0.05, 0.1) is 16.3 Å². The molecule has 0 aliphatic heterocycles. The largest absolute Gasteiger partial charge is 0.397 e. The van der Waals surface area contributed by atoms with E-state index in [4.69, 9.17) is 5.73 Å². The molecule has 21 heavy (non-hydrogen) atoms. The lowest BCUT2D eigenvalue weighted by Crippen LogP contribution is -2.13. The summed E-state index contributed by atoms with van der Waals surface area (Å²) >= 11 is 0. The van der Waals surface area contributed by atoms with Crippen molar-refractivity contribution in [1.29, 1.82) is 0 Å². The summed E-state index contributed by atoms with van der Waals surface area (Å²) in [5.74, 6) is -0.962. The average Bonchev–Trinajstić information content (AvgIpc) is 2.41. The van der Waals surface area contributed by atoms with Gasteiger partial charge in [0.2, 0.25) is 0 Å². The molecule has 0 unspecified atom stereocenters. The van der Waals surface area contributed by atoms with Gasteiger partial charge in [-0.2, -0.15) is 0 Å². The maximum absolute atomic E-state index is 12.9. The Morgan fingerprint density at radius 3 is 2.29 bits per heavy atom. The number of anilines is 2. The number of nitrogen functional groups attached to an aromatic ring is 1. The molecule has 0 aliphatic carbocycles. The molecule has 5 nitrogen and oxygen atoms in total. The number of hydrogen-bond donors (Lipinski definition) is 2. The second-order valence-electron chi connectivity index (χ2n) is 4.48. The molecule has 0 heterocycles. The molecule has 0 atom stereocenters. The van der Waals surface area contributed by atoms with Gasteiger partial charge in [-0.05, 0) is 42.5 Å². The summed E-state index contributed by atoms with van der Waals surface area (Å²) in [6.45, 7) is 0. The van der Waals surface area contributed by atoms with E-state index in [0.29, 0.717) is 0 Å². The molecule has 0 aromatic heterocycles. The van der Waals surface area contributed by atoms with Crippen LogP contribution in [0.4, 0.5) is 15.8 Å². The molecule has 2 aromatic rings. The van der Waals surface area contributed by atoms with Crippen molar-refractivity contribution in [3.63, 3.8) is 0 Å². The first-order chi connectivity index (χ1) is 9.77. The van der Waals surface area contributed by atoms with Crippen molar-refractivity contribution in [3.8, 4) is 0 Å². The molecular formula is C14H13FN2O3S. The summed E-state index contributed by atoms with van der Waals surface area (Å²) in [6.07, 6.45) is 1.08. The molecule has 3 N–H and O–H groups in total. The zero-order chi connectivity index (χ0) is 15.6. The Morgan fingerprint density at radius 1 is 1.14 bits per heavy atom. The van der Waals surface area contributed by atoms with Crippen LogP contribution in [-0.4, -0.2) is 20.6 Å². The predicted molar refractivity (Wildman–Crippen MR) is 78.3 cm³/mol. The number of carbonyl (C=O) groups excluding carboxylic acids is 1. The zero-order valence-electron chi connectivity index (χ0n) is 11.1. The molecule has 110 valence electrons. The predicted octanol–water partition coefficient (Wildman–Crippen LogP) is 2.06. The number of carbonyl (C=O) groups is 1. The fraction of sp³-hybridized carbons (Fsp3) is 0.0714. The zero-order valence-corrected chi connectivity index (χ0v) is 11.9. The quantitative estimate of drug-likeness (QED) is 0.849. The Hall–Kier alpha value is -2.41. The second-order valence-corrected chi connectivity index (χ2v) is 6.50. The van der Waals surface area contributed by atoms with E-state index in [0.717, 1.165) is 12.3 Å². The van der Waals surface area contributed by atoms with Gasteiger partial charge in [-0.15, -0.1) is 0 Å². The van der Waals surface area contributed by atoms with Crippen LogP contribution in [0.2, 0.25) is 0 Å². The highest BCUT2D eigenvalue weighted by Gasteiger charge is 2.11. The summed E-state index contributed by atoms with van der Waals surface area (Å²) < 4.78 is 35.6. The first-order valence-corrected chi connectivity index (χ1v) is 7.83. The monoisotopic (exact) mass is 308 g/mol. The highest BCUT2D eigenvalue weighted by atomic mass is 32.2. The summed E-state index contributed by atoms with van der Waals surface area (Å²) in [5.41, 5.74) is 6.26. The van der Waals surface area contributed by atoms with Crippen LogP contribution in [0.1, 0.15) is 10.4 Å². The van der Waals surface area contributed by atoms with Crippen LogP contribution in [0.3, 0.4) is 0 Å². The minimum absolute atomic E-state index is 0.108. The van der Waals surface area contributed by atoms with E-state index in [1.807, 2.05) is 0 Å². The molecule has 2 aromatic carbocycles. The van der Waals surface area contributed by atoms with Gasteiger partial charge in [0, 0.05) is 11.8 Å². The van der Waals surface area contributed by atoms with E-state index in [1.165, 1.54) is 36.4 Å². The molecule has 0 aliphatic rings. The molecule has 0 radical (unpaired) electrons. The van der Waals surface area contributed by atoms with Gasteiger partial charge in [-0.3, -0.25) is 4.79 Å². The van der Waals surface area contributed by atoms with Gasteiger partial charge >= 0.3 is 0 Å². The standard InChI is InChI=1S/C14H13FN2O3S/c1-21(19,20)11-5-2-9(3-6-11)14(18)17-13-7-4-10(15)8-12(13)16/h2-8H,16H2,1H3,(H,17,18). The van der Waals surface area contributed by atoms with E-state index in [-0.39, 0.29) is 21.8 Å². The molecule has 0 fully saturated rings. The lowest BCUT2D eigenvalue weighted by molar-refractivity contribution is 0.102. The number of amides is 1. The number of nitrogens with two attached hydrogens (primary N) is 1. The maximum Gasteiger partial charge on any atom is 0.255 e. The molecule has 1 amide bonds. The third-order valence-corrected chi connectivity index (χ3v) is 3.93. The van der Waals surface area contributed by atoms with Crippen molar-refractivity contribution < 1.29 is 17.6 Å². The minimum atomic E-state index is -3.31. The molecular weight excluding hydrogens is 295 g/mol. The lowest BCUT2D eigenvalue weighted by atomic mass is 10.2. The van der Waals surface area contributed by atoms with Crippen molar-refractivity contribution in [2.24, 2.45) is 0 Å². The topological polar surface area (TPSA) is 89.3 Å². The highest BCUT2D eigenvalue weighted by Crippen LogP contribution is 2.20. The number of nitrogens with one attached hydrogen (secondary N) is 1. The molecule has 0 saturated heterocycles. The van der Waals surface area contributed by atoms with E-state index in [9.17, 15) is 17.6 Å². The second kappa shape index (κ2) is 5.53. The third kappa shape index (κ3) is 3.57. The third-order valence-electron chi connectivity index (χ3n) is 2.81. The molecule has 7 heteroatoms. The molecule has 2 rings (SSSR count). The maximum atomic E-state index is 12.9. The molecule has 0 bridgehead atoms. The van der Waals surface area contributed by atoms with Crippen LogP contribution in [0.5, 0.6) is 0 Å². The number of hydrogen-bond acceptors (Lipinski definition) is 4. The smallest absolute Gasteiger partial charge is 0.255 e. The van der Waals surface area contributed by atoms with Gasteiger partial charge in [-0.1, -0.05) is 0 Å². The first-order valence-electron chi connectivity index (χ1n) is 5.94. The van der Waals surface area contributed by atoms with Gasteiger partial charge in [0.1, 0.15) is 5.82 Å².